The first-order chi connectivity index (χ1) is 11.2. The molecule has 0 aliphatic heterocycles. The molecule has 0 unspecified atom stereocenters. The number of hydrogen-bond donors (Lipinski definition) is 2. The fourth-order valence-electron chi connectivity index (χ4n) is 2.46. The van der Waals surface area contributed by atoms with Gasteiger partial charge in [-0.15, -0.1) is 0 Å². The van der Waals surface area contributed by atoms with Crippen molar-refractivity contribution in [1.82, 2.24) is 0 Å². The zero-order chi connectivity index (χ0) is 17.9. The fraction of sp³-hybridized carbons (Fsp3) is 0.278. The molecule has 0 atom stereocenters. The number of rotatable bonds is 6. The monoisotopic (exact) mass is 347 g/mol. The highest BCUT2D eigenvalue weighted by Crippen LogP contribution is 2.23. The summed E-state index contributed by atoms with van der Waals surface area (Å²) in [5, 5.41) is 9.13. The molecule has 0 spiro atoms. The van der Waals surface area contributed by atoms with E-state index >= 15 is 0 Å². The van der Waals surface area contributed by atoms with Crippen molar-refractivity contribution in [3.8, 4) is 0 Å². The minimum Gasteiger partial charge on any atom is -0.478 e. The number of sulfonamides is 1. The lowest BCUT2D eigenvalue weighted by molar-refractivity contribution is 0.0696. The standard InChI is InChI=1S/C18H21NO4S/c1-12(2)11-14-7-9-15(10-8-14)24(22,23)19-17-6-4-5-16(13(17)3)18(20)21/h4-10,12,19H,11H2,1-3H3,(H,20,21). The van der Waals surface area contributed by atoms with Gasteiger partial charge < -0.3 is 5.11 Å². The van der Waals surface area contributed by atoms with Crippen LogP contribution in [0.25, 0.3) is 0 Å². The number of carbonyl (C=O) groups is 1. The Labute approximate surface area is 142 Å². The molecule has 0 bridgehead atoms. The minimum absolute atomic E-state index is 0.0717. The van der Waals surface area contributed by atoms with Gasteiger partial charge in [0.1, 0.15) is 0 Å². The average molecular weight is 347 g/mol. The predicted octanol–water partition coefficient (Wildman–Crippen LogP) is 3.69. The molecule has 2 aromatic carbocycles. The maximum atomic E-state index is 12.5. The van der Waals surface area contributed by atoms with E-state index in [9.17, 15) is 13.2 Å². The highest BCUT2D eigenvalue weighted by molar-refractivity contribution is 7.92. The van der Waals surface area contributed by atoms with Gasteiger partial charge in [-0.1, -0.05) is 32.0 Å². The minimum atomic E-state index is -3.77. The number of benzene rings is 2. The van der Waals surface area contributed by atoms with Crippen molar-refractivity contribution in [2.24, 2.45) is 5.92 Å². The van der Waals surface area contributed by atoms with Crippen LogP contribution in [-0.2, 0) is 16.4 Å². The van der Waals surface area contributed by atoms with E-state index in [0.717, 1.165) is 12.0 Å². The summed E-state index contributed by atoms with van der Waals surface area (Å²) in [4.78, 5) is 11.3. The van der Waals surface area contributed by atoms with E-state index in [0.29, 0.717) is 11.5 Å². The molecule has 2 rings (SSSR count). The molecule has 0 aliphatic rings. The lowest BCUT2D eigenvalue weighted by Crippen LogP contribution is -2.15. The highest BCUT2D eigenvalue weighted by Gasteiger charge is 2.17. The molecule has 2 aromatic rings. The van der Waals surface area contributed by atoms with Crippen LogP contribution in [0.15, 0.2) is 47.4 Å². The van der Waals surface area contributed by atoms with Gasteiger partial charge in [0, 0.05) is 0 Å². The van der Waals surface area contributed by atoms with Crippen molar-refractivity contribution in [1.29, 1.82) is 0 Å². The van der Waals surface area contributed by atoms with Crippen LogP contribution in [0.1, 0.15) is 35.3 Å². The molecule has 0 saturated carbocycles. The molecule has 5 nitrogen and oxygen atoms in total. The second-order valence-corrected chi connectivity index (χ2v) is 7.81. The summed E-state index contributed by atoms with van der Waals surface area (Å²) < 4.78 is 27.5. The number of aromatic carboxylic acids is 1. The fourth-order valence-corrected chi connectivity index (χ4v) is 3.58. The molecular weight excluding hydrogens is 326 g/mol. The molecule has 0 aromatic heterocycles. The molecule has 0 radical (unpaired) electrons. The molecule has 0 heterocycles. The topological polar surface area (TPSA) is 83.5 Å². The Bertz CT molecular complexity index is 840. The van der Waals surface area contributed by atoms with Gasteiger partial charge in [0.15, 0.2) is 0 Å². The van der Waals surface area contributed by atoms with Crippen LogP contribution in [0.3, 0.4) is 0 Å². The van der Waals surface area contributed by atoms with Gasteiger partial charge in [-0.2, -0.15) is 0 Å². The summed E-state index contributed by atoms with van der Waals surface area (Å²) in [6.07, 6.45) is 0.882. The number of hydrogen-bond acceptors (Lipinski definition) is 3. The van der Waals surface area contributed by atoms with E-state index in [1.807, 2.05) is 0 Å². The normalized spacial score (nSPS) is 11.5. The van der Waals surface area contributed by atoms with Gasteiger partial charge in [0.05, 0.1) is 16.1 Å². The second-order valence-electron chi connectivity index (χ2n) is 6.13. The van der Waals surface area contributed by atoms with Gasteiger partial charge in [-0.05, 0) is 54.7 Å². The number of anilines is 1. The van der Waals surface area contributed by atoms with E-state index in [4.69, 9.17) is 5.11 Å². The van der Waals surface area contributed by atoms with E-state index in [1.165, 1.54) is 12.1 Å². The summed E-state index contributed by atoms with van der Waals surface area (Å²) in [7, 11) is -3.77. The van der Waals surface area contributed by atoms with Crippen molar-refractivity contribution in [2.75, 3.05) is 4.72 Å². The average Bonchev–Trinajstić information content (AvgIpc) is 2.49. The van der Waals surface area contributed by atoms with E-state index in [-0.39, 0.29) is 16.1 Å². The van der Waals surface area contributed by atoms with E-state index in [2.05, 4.69) is 18.6 Å². The molecule has 0 amide bonds. The molecule has 0 aliphatic carbocycles. The van der Waals surface area contributed by atoms with E-state index in [1.54, 1.807) is 37.3 Å². The number of nitrogens with one attached hydrogen (secondary N) is 1. The summed E-state index contributed by atoms with van der Waals surface area (Å²) >= 11 is 0. The smallest absolute Gasteiger partial charge is 0.336 e. The van der Waals surface area contributed by atoms with Gasteiger partial charge >= 0.3 is 5.97 Å². The van der Waals surface area contributed by atoms with Crippen LogP contribution < -0.4 is 4.72 Å². The number of carboxylic acid groups (broad SMARTS) is 1. The lowest BCUT2D eigenvalue weighted by atomic mass is 10.0. The van der Waals surface area contributed by atoms with Crippen molar-refractivity contribution in [3.63, 3.8) is 0 Å². The van der Waals surface area contributed by atoms with Crippen LogP contribution in [0.4, 0.5) is 5.69 Å². The van der Waals surface area contributed by atoms with Crippen LogP contribution in [-0.4, -0.2) is 19.5 Å². The van der Waals surface area contributed by atoms with E-state index < -0.39 is 16.0 Å². The van der Waals surface area contributed by atoms with Crippen molar-refractivity contribution < 1.29 is 18.3 Å². The Hall–Kier alpha value is -2.34. The first kappa shape index (κ1) is 18.0. The third kappa shape index (κ3) is 4.14. The Morgan fingerprint density at radius 1 is 1.12 bits per heavy atom. The summed E-state index contributed by atoms with van der Waals surface area (Å²) in [6, 6.07) is 11.2. The van der Waals surface area contributed by atoms with Crippen LogP contribution in [0.2, 0.25) is 0 Å². The summed E-state index contributed by atoms with van der Waals surface area (Å²) in [5.74, 6) is -0.599. The van der Waals surface area contributed by atoms with Gasteiger partial charge in [-0.25, -0.2) is 13.2 Å². The maximum absolute atomic E-state index is 12.5. The number of carboxylic acids is 1. The van der Waals surface area contributed by atoms with Gasteiger partial charge in [0.2, 0.25) is 0 Å². The van der Waals surface area contributed by atoms with Gasteiger partial charge in [-0.3, -0.25) is 4.72 Å². The highest BCUT2D eigenvalue weighted by atomic mass is 32.2. The molecule has 0 fully saturated rings. The molecular formula is C18H21NO4S. The first-order valence-electron chi connectivity index (χ1n) is 7.65. The summed E-state index contributed by atoms with van der Waals surface area (Å²) in [5.41, 5.74) is 1.79. The SMILES string of the molecule is Cc1c(NS(=O)(=O)c2ccc(CC(C)C)cc2)cccc1C(=O)O. The zero-order valence-electron chi connectivity index (χ0n) is 13.9. The second kappa shape index (κ2) is 7.05. The first-order valence-corrected chi connectivity index (χ1v) is 9.13. The van der Waals surface area contributed by atoms with Crippen molar-refractivity contribution in [3.05, 3.63) is 59.2 Å². The zero-order valence-corrected chi connectivity index (χ0v) is 14.7. The predicted molar refractivity (Wildman–Crippen MR) is 93.9 cm³/mol. The van der Waals surface area contributed by atoms with Crippen LogP contribution in [0.5, 0.6) is 0 Å². The third-order valence-corrected chi connectivity index (χ3v) is 5.07. The van der Waals surface area contributed by atoms with Gasteiger partial charge in [0.25, 0.3) is 10.0 Å². The Kier molecular flexibility index (Phi) is 5.29. The largest absolute Gasteiger partial charge is 0.478 e. The van der Waals surface area contributed by atoms with Crippen molar-refractivity contribution >= 4 is 21.7 Å². The Balaban J connectivity index is 2.29. The van der Waals surface area contributed by atoms with Crippen LogP contribution in [0, 0.1) is 12.8 Å². The third-order valence-electron chi connectivity index (χ3n) is 3.69. The molecule has 6 heteroatoms. The molecule has 0 saturated heterocycles. The quantitative estimate of drug-likeness (QED) is 0.835. The molecule has 128 valence electrons. The maximum Gasteiger partial charge on any atom is 0.336 e. The Morgan fingerprint density at radius 2 is 1.75 bits per heavy atom. The van der Waals surface area contributed by atoms with Crippen molar-refractivity contribution in [2.45, 2.75) is 32.1 Å². The Morgan fingerprint density at radius 3 is 2.29 bits per heavy atom. The summed E-state index contributed by atoms with van der Waals surface area (Å²) in [6.45, 7) is 5.78. The molecule has 2 N–H and O–H groups in total. The lowest BCUT2D eigenvalue weighted by Gasteiger charge is -2.13. The van der Waals surface area contributed by atoms with Crippen LogP contribution >= 0.6 is 0 Å². The molecule has 24 heavy (non-hydrogen) atoms.